The fraction of sp³-hybridized carbons (Fsp3) is 0.750. The summed E-state index contributed by atoms with van der Waals surface area (Å²) in [6.45, 7) is 4.93. The molecule has 7 atom stereocenters. The molecule has 1 aromatic rings. The number of cyclic esters (lactones) is 1. The van der Waals surface area contributed by atoms with Crippen LogP contribution in [0.5, 0.6) is 0 Å². The summed E-state index contributed by atoms with van der Waals surface area (Å²) < 4.78 is 10.6. The first-order valence-corrected chi connectivity index (χ1v) is 9.43. The lowest BCUT2D eigenvalue weighted by Gasteiger charge is -2.59. The van der Waals surface area contributed by atoms with Crippen molar-refractivity contribution in [1.82, 2.24) is 0 Å². The molecule has 2 N–H and O–H groups in total. The maximum atomic E-state index is 12.3. The van der Waals surface area contributed by atoms with Gasteiger partial charge in [0.25, 0.3) is 0 Å². The van der Waals surface area contributed by atoms with Crippen molar-refractivity contribution in [2.45, 2.75) is 58.2 Å². The van der Waals surface area contributed by atoms with Gasteiger partial charge in [-0.15, -0.1) is 0 Å². The second-order valence-corrected chi connectivity index (χ2v) is 8.74. The van der Waals surface area contributed by atoms with Gasteiger partial charge in [0.15, 0.2) is 0 Å². The number of carbonyl (C=O) groups is 1. The number of esters is 1. The molecule has 7 unspecified atom stereocenters. The van der Waals surface area contributed by atoms with Crippen molar-refractivity contribution in [1.29, 1.82) is 0 Å². The van der Waals surface area contributed by atoms with E-state index in [4.69, 9.17) is 9.15 Å². The summed E-state index contributed by atoms with van der Waals surface area (Å²) >= 11 is 0. The molecule has 4 rings (SSSR count). The Balaban J connectivity index is 1.68. The molecular formula is C20H28O5. The average molecular weight is 348 g/mol. The van der Waals surface area contributed by atoms with Gasteiger partial charge in [-0.3, -0.25) is 4.79 Å². The van der Waals surface area contributed by atoms with Crippen LogP contribution in [0.4, 0.5) is 0 Å². The summed E-state index contributed by atoms with van der Waals surface area (Å²) in [5.74, 6) is 0.0788. The summed E-state index contributed by atoms with van der Waals surface area (Å²) in [5, 5.41) is 21.3. The molecule has 0 amide bonds. The number of carbonyl (C=O) groups excluding carboxylic acids is 1. The molecule has 0 bridgehead atoms. The number of furan rings is 1. The molecule has 3 fully saturated rings. The van der Waals surface area contributed by atoms with E-state index in [1.54, 1.807) is 12.5 Å². The highest BCUT2D eigenvalue weighted by atomic mass is 16.5. The molecule has 2 saturated carbocycles. The average Bonchev–Trinajstić information content (AvgIpc) is 3.21. The molecule has 3 aliphatic rings. The zero-order chi connectivity index (χ0) is 17.8. The van der Waals surface area contributed by atoms with Crippen LogP contribution in [0, 0.1) is 28.6 Å². The van der Waals surface area contributed by atoms with Gasteiger partial charge in [0.1, 0.15) is 0 Å². The molecule has 1 saturated heterocycles. The highest BCUT2D eigenvalue weighted by molar-refractivity contribution is 5.77. The van der Waals surface area contributed by atoms with Gasteiger partial charge in [-0.25, -0.2) is 0 Å². The predicted octanol–water partition coefficient (Wildman–Crippen LogP) is 3.07. The smallest absolute Gasteiger partial charge is 0.312 e. The van der Waals surface area contributed by atoms with Gasteiger partial charge in [-0.05, 0) is 55.4 Å². The lowest BCUT2D eigenvalue weighted by molar-refractivity contribution is -0.159. The number of ether oxygens (including phenoxy) is 1. The van der Waals surface area contributed by atoms with E-state index >= 15 is 0 Å². The van der Waals surface area contributed by atoms with Crippen LogP contribution < -0.4 is 0 Å². The SMILES string of the molecule is CC1CCC23COC(=O)C2C(O)CCC3C1(C)CC(O)c1ccoc1. The van der Waals surface area contributed by atoms with E-state index < -0.39 is 18.1 Å². The first kappa shape index (κ1) is 17.1. The summed E-state index contributed by atoms with van der Waals surface area (Å²) in [7, 11) is 0. The van der Waals surface area contributed by atoms with Crippen LogP contribution in [0.1, 0.15) is 57.6 Å². The quantitative estimate of drug-likeness (QED) is 0.821. The van der Waals surface area contributed by atoms with Crippen molar-refractivity contribution in [2.75, 3.05) is 6.61 Å². The number of hydrogen-bond donors (Lipinski definition) is 2. The maximum Gasteiger partial charge on any atom is 0.312 e. The summed E-state index contributed by atoms with van der Waals surface area (Å²) in [4.78, 5) is 12.3. The third kappa shape index (κ3) is 2.39. The van der Waals surface area contributed by atoms with Crippen LogP contribution in [0.15, 0.2) is 23.0 Å². The largest absolute Gasteiger partial charge is 0.472 e. The van der Waals surface area contributed by atoms with E-state index in [0.717, 1.165) is 24.8 Å². The van der Waals surface area contributed by atoms with Gasteiger partial charge in [-0.2, -0.15) is 0 Å². The fourth-order valence-electron chi connectivity index (χ4n) is 6.16. The van der Waals surface area contributed by atoms with Gasteiger partial charge in [0, 0.05) is 11.0 Å². The molecule has 1 spiro atoms. The Bertz CT molecular complexity index is 641. The Hall–Kier alpha value is -1.33. The van der Waals surface area contributed by atoms with Gasteiger partial charge in [0.05, 0.1) is 37.3 Å². The highest BCUT2D eigenvalue weighted by Gasteiger charge is 2.65. The maximum absolute atomic E-state index is 12.3. The number of rotatable bonds is 3. The molecule has 5 nitrogen and oxygen atoms in total. The van der Waals surface area contributed by atoms with E-state index in [9.17, 15) is 15.0 Å². The van der Waals surface area contributed by atoms with Gasteiger partial charge in [0.2, 0.25) is 0 Å². The molecule has 0 radical (unpaired) electrons. The van der Waals surface area contributed by atoms with E-state index in [1.165, 1.54) is 0 Å². The predicted molar refractivity (Wildman–Crippen MR) is 90.4 cm³/mol. The number of aliphatic hydroxyl groups excluding tert-OH is 2. The Kier molecular flexibility index (Phi) is 4.00. The Morgan fingerprint density at radius 2 is 2.16 bits per heavy atom. The topological polar surface area (TPSA) is 79.9 Å². The molecule has 2 heterocycles. The summed E-state index contributed by atoms with van der Waals surface area (Å²) in [5.41, 5.74) is 0.423. The van der Waals surface area contributed by atoms with E-state index in [-0.39, 0.29) is 22.7 Å². The van der Waals surface area contributed by atoms with Gasteiger partial charge < -0.3 is 19.4 Å². The number of hydrogen-bond acceptors (Lipinski definition) is 5. The third-order valence-corrected chi connectivity index (χ3v) is 7.71. The molecule has 1 aliphatic heterocycles. The molecule has 1 aromatic heterocycles. The highest BCUT2D eigenvalue weighted by Crippen LogP contribution is 2.65. The first-order valence-electron chi connectivity index (χ1n) is 9.43. The van der Waals surface area contributed by atoms with Crippen molar-refractivity contribution in [3.63, 3.8) is 0 Å². The molecule has 2 aliphatic carbocycles. The third-order valence-electron chi connectivity index (χ3n) is 7.71. The fourth-order valence-corrected chi connectivity index (χ4v) is 6.16. The van der Waals surface area contributed by atoms with Crippen LogP contribution in [-0.4, -0.2) is 28.9 Å². The molecular weight excluding hydrogens is 320 g/mol. The second kappa shape index (κ2) is 5.85. The molecule has 25 heavy (non-hydrogen) atoms. The van der Waals surface area contributed by atoms with Crippen LogP contribution >= 0.6 is 0 Å². The lowest BCUT2D eigenvalue weighted by Crippen LogP contribution is -2.58. The van der Waals surface area contributed by atoms with Crippen molar-refractivity contribution in [3.8, 4) is 0 Å². The van der Waals surface area contributed by atoms with Gasteiger partial charge >= 0.3 is 5.97 Å². The summed E-state index contributed by atoms with van der Waals surface area (Å²) in [6.07, 6.45) is 6.08. The van der Waals surface area contributed by atoms with Crippen LogP contribution in [-0.2, 0) is 9.53 Å². The van der Waals surface area contributed by atoms with Crippen molar-refractivity contribution in [2.24, 2.45) is 28.6 Å². The standard InChI is InChI=1S/C20H28O5/c1-12-5-7-20-11-25-18(23)17(20)14(21)3-4-16(20)19(12,2)9-15(22)13-6-8-24-10-13/h6,8,10,12,14-17,21-22H,3-5,7,9,11H2,1-2H3. The monoisotopic (exact) mass is 348 g/mol. The Morgan fingerprint density at radius 3 is 2.88 bits per heavy atom. The number of aliphatic hydroxyl groups is 2. The Morgan fingerprint density at radius 1 is 1.36 bits per heavy atom. The molecule has 138 valence electrons. The second-order valence-electron chi connectivity index (χ2n) is 8.74. The Labute approximate surface area is 148 Å². The minimum atomic E-state index is -0.595. The van der Waals surface area contributed by atoms with E-state index in [0.29, 0.717) is 25.4 Å². The molecule has 0 aromatic carbocycles. The minimum Gasteiger partial charge on any atom is -0.472 e. The van der Waals surface area contributed by atoms with E-state index in [2.05, 4.69) is 13.8 Å². The van der Waals surface area contributed by atoms with Crippen LogP contribution in [0.25, 0.3) is 0 Å². The van der Waals surface area contributed by atoms with Gasteiger partial charge in [-0.1, -0.05) is 13.8 Å². The van der Waals surface area contributed by atoms with Crippen molar-refractivity contribution in [3.05, 3.63) is 24.2 Å². The first-order chi connectivity index (χ1) is 11.9. The van der Waals surface area contributed by atoms with Crippen molar-refractivity contribution >= 4 is 5.97 Å². The molecule has 5 heteroatoms. The zero-order valence-corrected chi connectivity index (χ0v) is 15.0. The normalized spacial score (nSPS) is 44.7. The lowest BCUT2D eigenvalue weighted by atomic mass is 9.44. The summed E-state index contributed by atoms with van der Waals surface area (Å²) in [6, 6.07) is 1.81. The minimum absolute atomic E-state index is 0.110. The van der Waals surface area contributed by atoms with E-state index in [1.807, 2.05) is 6.07 Å². The van der Waals surface area contributed by atoms with Crippen molar-refractivity contribution < 1.29 is 24.2 Å². The van der Waals surface area contributed by atoms with Crippen LogP contribution in [0.3, 0.4) is 0 Å². The van der Waals surface area contributed by atoms with Crippen LogP contribution in [0.2, 0.25) is 0 Å². The zero-order valence-electron chi connectivity index (χ0n) is 15.0.